The van der Waals surface area contributed by atoms with Crippen molar-refractivity contribution in [2.45, 2.75) is 25.0 Å². The second kappa shape index (κ2) is 5.92. The molecule has 0 saturated carbocycles. The maximum atomic E-state index is 11.2. The molecule has 0 amide bonds. The maximum absolute atomic E-state index is 11.2. The van der Waals surface area contributed by atoms with Gasteiger partial charge in [0.05, 0.1) is 4.92 Å². The molecule has 0 bridgehead atoms. The Kier molecular flexibility index (Phi) is 4.46. The molecule has 1 saturated heterocycles. The predicted octanol–water partition coefficient (Wildman–Crippen LogP) is 2.68. The van der Waals surface area contributed by atoms with Crippen molar-refractivity contribution in [3.05, 3.63) is 21.1 Å². The van der Waals surface area contributed by atoms with E-state index in [4.69, 9.17) is 11.6 Å². The van der Waals surface area contributed by atoms with Crippen LogP contribution in [0.4, 0.5) is 11.5 Å². The number of nitrogens with zero attached hydrogens (tertiary/aromatic N) is 4. The fourth-order valence-electron chi connectivity index (χ4n) is 2.26. The molecule has 6 nitrogen and oxygen atoms in total. The monoisotopic (exact) mass is 302 g/mol. The van der Waals surface area contributed by atoms with Crippen LogP contribution in [0.15, 0.2) is 0 Å². The number of piperidine rings is 1. The van der Waals surface area contributed by atoms with E-state index in [9.17, 15) is 10.1 Å². The lowest BCUT2D eigenvalue weighted by atomic mass is 10.1. The number of aryl methyl sites for hydroxylation is 1. The largest absolute Gasteiger partial charge is 0.351 e. The van der Waals surface area contributed by atoms with Gasteiger partial charge in [0.25, 0.3) is 0 Å². The van der Waals surface area contributed by atoms with Gasteiger partial charge < -0.3 is 4.90 Å². The number of anilines is 1. The maximum Gasteiger partial charge on any atom is 0.332 e. The lowest BCUT2D eigenvalue weighted by Crippen LogP contribution is -2.35. The molecule has 1 aliphatic rings. The van der Waals surface area contributed by atoms with Crippen LogP contribution in [-0.2, 0) is 0 Å². The molecule has 1 aromatic rings. The van der Waals surface area contributed by atoms with Crippen molar-refractivity contribution in [3.63, 3.8) is 0 Å². The minimum Gasteiger partial charge on any atom is -0.351 e. The lowest BCUT2D eigenvalue weighted by molar-refractivity contribution is -0.385. The minimum atomic E-state index is -0.429. The molecular formula is C11H15ClN4O2S. The van der Waals surface area contributed by atoms with Gasteiger partial charge >= 0.3 is 5.69 Å². The summed E-state index contributed by atoms with van der Waals surface area (Å²) in [6.07, 6.45) is 4.09. The molecule has 104 valence electrons. The Morgan fingerprint density at radius 2 is 2.05 bits per heavy atom. The SMILES string of the molecule is CSC1CCN(c2nc(Cl)nc(C)c2[N+](=O)[O-])CC1. The predicted molar refractivity (Wildman–Crippen MR) is 77.2 cm³/mol. The van der Waals surface area contributed by atoms with Crippen LogP contribution in [0, 0.1) is 17.0 Å². The van der Waals surface area contributed by atoms with Crippen molar-refractivity contribution >= 4 is 34.9 Å². The first-order valence-corrected chi connectivity index (χ1v) is 7.65. The summed E-state index contributed by atoms with van der Waals surface area (Å²) in [7, 11) is 0. The molecule has 0 unspecified atom stereocenters. The van der Waals surface area contributed by atoms with E-state index in [0.29, 0.717) is 16.8 Å². The van der Waals surface area contributed by atoms with E-state index in [1.165, 1.54) is 0 Å². The van der Waals surface area contributed by atoms with E-state index in [2.05, 4.69) is 16.2 Å². The molecular weight excluding hydrogens is 288 g/mol. The summed E-state index contributed by atoms with van der Waals surface area (Å²) in [5.41, 5.74) is 0.277. The van der Waals surface area contributed by atoms with Gasteiger partial charge in [0.1, 0.15) is 5.69 Å². The normalized spacial score (nSPS) is 16.7. The zero-order chi connectivity index (χ0) is 14.0. The fourth-order valence-corrected chi connectivity index (χ4v) is 3.15. The number of halogens is 1. The van der Waals surface area contributed by atoms with E-state index in [0.717, 1.165) is 25.9 Å². The highest BCUT2D eigenvalue weighted by Crippen LogP contribution is 2.32. The molecule has 8 heteroatoms. The van der Waals surface area contributed by atoms with Crippen molar-refractivity contribution in [1.29, 1.82) is 0 Å². The van der Waals surface area contributed by atoms with Gasteiger partial charge in [-0.15, -0.1) is 0 Å². The molecule has 0 N–H and O–H groups in total. The van der Waals surface area contributed by atoms with Gasteiger partial charge in [-0.05, 0) is 37.6 Å². The molecule has 1 aliphatic heterocycles. The number of hydrogen-bond donors (Lipinski definition) is 0. The molecule has 0 aliphatic carbocycles. The average Bonchev–Trinajstić information content (AvgIpc) is 2.37. The number of nitro groups is 1. The van der Waals surface area contributed by atoms with Gasteiger partial charge in [-0.1, -0.05) is 0 Å². The van der Waals surface area contributed by atoms with Crippen LogP contribution in [0.2, 0.25) is 5.28 Å². The number of aromatic nitrogens is 2. The summed E-state index contributed by atoms with van der Waals surface area (Å²) in [4.78, 5) is 20.6. The first-order valence-electron chi connectivity index (χ1n) is 5.99. The van der Waals surface area contributed by atoms with Gasteiger partial charge in [0.15, 0.2) is 0 Å². The summed E-state index contributed by atoms with van der Waals surface area (Å²) in [5, 5.41) is 11.8. The van der Waals surface area contributed by atoms with Gasteiger partial charge in [-0.25, -0.2) is 4.98 Å². The lowest BCUT2D eigenvalue weighted by Gasteiger charge is -2.31. The Morgan fingerprint density at radius 1 is 1.42 bits per heavy atom. The summed E-state index contributed by atoms with van der Waals surface area (Å²) >= 11 is 7.67. The Hall–Kier alpha value is -1.08. The highest BCUT2D eigenvalue weighted by Gasteiger charge is 2.28. The van der Waals surface area contributed by atoms with Crippen LogP contribution < -0.4 is 4.90 Å². The molecule has 2 rings (SSSR count). The topological polar surface area (TPSA) is 72.2 Å². The quantitative estimate of drug-likeness (QED) is 0.485. The Morgan fingerprint density at radius 3 is 2.58 bits per heavy atom. The Labute approximate surface area is 120 Å². The molecule has 1 fully saturated rings. The Balaban J connectivity index is 2.31. The van der Waals surface area contributed by atoms with Crippen LogP contribution in [0.25, 0.3) is 0 Å². The van der Waals surface area contributed by atoms with Crippen molar-refractivity contribution in [2.24, 2.45) is 0 Å². The molecule has 0 atom stereocenters. The van der Waals surface area contributed by atoms with Crippen molar-refractivity contribution < 1.29 is 4.92 Å². The number of thioether (sulfide) groups is 1. The van der Waals surface area contributed by atoms with Crippen molar-refractivity contribution in [2.75, 3.05) is 24.2 Å². The van der Waals surface area contributed by atoms with E-state index in [1.54, 1.807) is 6.92 Å². The number of rotatable bonds is 3. The van der Waals surface area contributed by atoms with Gasteiger partial charge in [-0.2, -0.15) is 16.7 Å². The van der Waals surface area contributed by atoms with E-state index in [-0.39, 0.29) is 11.0 Å². The summed E-state index contributed by atoms with van der Waals surface area (Å²) in [5.74, 6) is 0.349. The molecule has 1 aromatic heterocycles. The van der Waals surface area contributed by atoms with Crippen molar-refractivity contribution in [1.82, 2.24) is 9.97 Å². The summed E-state index contributed by atoms with van der Waals surface area (Å²) < 4.78 is 0. The average molecular weight is 303 g/mol. The van der Waals surface area contributed by atoms with Gasteiger partial charge in [0, 0.05) is 18.3 Å². The highest BCUT2D eigenvalue weighted by molar-refractivity contribution is 7.99. The third kappa shape index (κ3) is 3.09. The summed E-state index contributed by atoms with van der Waals surface area (Å²) in [6.45, 7) is 3.11. The third-order valence-corrected chi connectivity index (χ3v) is 4.58. The smallest absolute Gasteiger partial charge is 0.332 e. The van der Waals surface area contributed by atoms with Gasteiger partial charge in [-0.3, -0.25) is 10.1 Å². The second-order valence-corrected chi connectivity index (χ2v) is 5.91. The minimum absolute atomic E-state index is 0.0352. The van der Waals surface area contributed by atoms with Crippen LogP contribution in [0.5, 0.6) is 0 Å². The summed E-state index contributed by atoms with van der Waals surface area (Å²) in [6, 6.07) is 0. The van der Waals surface area contributed by atoms with E-state index < -0.39 is 4.92 Å². The fraction of sp³-hybridized carbons (Fsp3) is 0.636. The first kappa shape index (κ1) is 14.3. The molecule has 0 radical (unpaired) electrons. The third-order valence-electron chi connectivity index (χ3n) is 3.27. The highest BCUT2D eigenvalue weighted by atomic mass is 35.5. The van der Waals surface area contributed by atoms with E-state index in [1.807, 2.05) is 16.7 Å². The second-order valence-electron chi connectivity index (χ2n) is 4.43. The zero-order valence-corrected chi connectivity index (χ0v) is 12.4. The standard InChI is InChI=1S/C11H15ClN4O2S/c1-7-9(16(17)18)10(14-11(12)13-7)15-5-3-8(19-2)4-6-15/h8H,3-6H2,1-2H3. The van der Waals surface area contributed by atoms with Crippen molar-refractivity contribution in [3.8, 4) is 0 Å². The first-order chi connectivity index (χ1) is 9.02. The molecule has 0 spiro atoms. The van der Waals surface area contributed by atoms with Crippen LogP contribution in [-0.4, -0.2) is 39.5 Å². The van der Waals surface area contributed by atoms with Crippen LogP contribution in [0.1, 0.15) is 18.5 Å². The Bertz CT molecular complexity index is 492. The molecule has 19 heavy (non-hydrogen) atoms. The zero-order valence-electron chi connectivity index (χ0n) is 10.8. The van der Waals surface area contributed by atoms with Crippen LogP contribution >= 0.6 is 23.4 Å². The molecule has 0 aromatic carbocycles. The number of hydrogen-bond acceptors (Lipinski definition) is 6. The van der Waals surface area contributed by atoms with Gasteiger partial charge in [0.2, 0.25) is 11.1 Å². The molecule has 2 heterocycles. The van der Waals surface area contributed by atoms with E-state index >= 15 is 0 Å². The van der Waals surface area contributed by atoms with Crippen LogP contribution in [0.3, 0.4) is 0 Å².